The molecule has 1 atom stereocenters. The second-order valence-electron chi connectivity index (χ2n) is 8.16. The molecule has 1 aliphatic heterocycles. The Kier molecular flexibility index (Phi) is 6.46. The Labute approximate surface area is 182 Å². The Morgan fingerprint density at radius 2 is 1.74 bits per heavy atom. The zero-order chi connectivity index (χ0) is 21.6. The van der Waals surface area contributed by atoms with Gasteiger partial charge in [-0.15, -0.1) is 0 Å². The molecule has 1 aliphatic rings. The van der Waals surface area contributed by atoms with Crippen LogP contribution in [-0.2, 0) is 17.9 Å². The second-order valence-corrected chi connectivity index (χ2v) is 8.16. The molecule has 0 aliphatic carbocycles. The lowest BCUT2D eigenvalue weighted by molar-refractivity contribution is -0.135. The van der Waals surface area contributed by atoms with E-state index in [-0.39, 0.29) is 17.4 Å². The lowest BCUT2D eigenvalue weighted by atomic mass is 9.96. The van der Waals surface area contributed by atoms with Crippen LogP contribution in [-0.4, -0.2) is 40.7 Å². The standard InChI is InChI=1S/C25H28N4O2/c1-27(17-20-9-4-2-5-10-20)25(31)22-13-8-14-28(19-22)23-15-24(30)29(26-16-23)18-21-11-6-3-7-12-21/h2-7,9-12,15-16,22H,8,13-14,17-19H2,1H3. The largest absolute Gasteiger partial charge is 0.369 e. The quantitative estimate of drug-likeness (QED) is 0.619. The third kappa shape index (κ3) is 5.20. The van der Waals surface area contributed by atoms with Crippen molar-refractivity contribution in [2.75, 3.05) is 25.0 Å². The highest BCUT2D eigenvalue weighted by molar-refractivity contribution is 5.79. The van der Waals surface area contributed by atoms with Gasteiger partial charge in [0.1, 0.15) is 0 Å². The Morgan fingerprint density at radius 1 is 1.06 bits per heavy atom. The van der Waals surface area contributed by atoms with E-state index >= 15 is 0 Å². The molecule has 1 unspecified atom stereocenters. The molecule has 31 heavy (non-hydrogen) atoms. The molecule has 6 heteroatoms. The van der Waals surface area contributed by atoms with E-state index in [1.165, 1.54) is 4.68 Å². The molecule has 2 heterocycles. The Bertz CT molecular complexity index is 1070. The van der Waals surface area contributed by atoms with E-state index in [4.69, 9.17) is 0 Å². The molecule has 0 N–H and O–H groups in total. The number of piperidine rings is 1. The predicted molar refractivity (Wildman–Crippen MR) is 122 cm³/mol. The Balaban J connectivity index is 1.41. The fourth-order valence-electron chi connectivity index (χ4n) is 4.13. The van der Waals surface area contributed by atoms with E-state index in [1.807, 2.05) is 67.7 Å². The van der Waals surface area contributed by atoms with Crippen molar-refractivity contribution in [3.63, 3.8) is 0 Å². The van der Waals surface area contributed by atoms with Crippen molar-refractivity contribution in [3.8, 4) is 0 Å². The summed E-state index contributed by atoms with van der Waals surface area (Å²) >= 11 is 0. The number of carbonyl (C=O) groups excluding carboxylic acids is 1. The molecule has 0 bridgehead atoms. The smallest absolute Gasteiger partial charge is 0.269 e. The Hall–Kier alpha value is -3.41. The molecule has 3 aromatic rings. The van der Waals surface area contributed by atoms with Crippen molar-refractivity contribution in [1.29, 1.82) is 0 Å². The number of aromatic nitrogens is 2. The average Bonchev–Trinajstić information content (AvgIpc) is 2.81. The first-order valence-electron chi connectivity index (χ1n) is 10.7. The highest BCUT2D eigenvalue weighted by Gasteiger charge is 2.28. The van der Waals surface area contributed by atoms with Gasteiger partial charge in [0.2, 0.25) is 5.91 Å². The first-order chi connectivity index (χ1) is 15.1. The molecule has 0 spiro atoms. The molecular weight excluding hydrogens is 388 g/mol. The van der Waals surface area contributed by atoms with Crippen LogP contribution in [0.25, 0.3) is 0 Å². The van der Waals surface area contributed by atoms with Gasteiger partial charge >= 0.3 is 0 Å². The summed E-state index contributed by atoms with van der Waals surface area (Å²) in [5, 5.41) is 4.38. The molecule has 0 saturated carbocycles. The molecular formula is C25H28N4O2. The molecule has 1 fully saturated rings. The third-order valence-corrected chi connectivity index (χ3v) is 5.80. The summed E-state index contributed by atoms with van der Waals surface area (Å²) in [4.78, 5) is 29.6. The topological polar surface area (TPSA) is 58.4 Å². The van der Waals surface area contributed by atoms with Gasteiger partial charge in [-0.2, -0.15) is 5.10 Å². The minimum absolute atomic E-state index is 0.0748. The first kappa shape index (κ1) is 20.8. The number of hydrogen-bond acceptors (Lipinski definition) is 4. The van der Waals surface area contributed by atoms with Gasteiger partial charge in [0, 0.05) is 32.7 Å². The number of benzene rings is 2. The van der Waals surface area contributed by atoms with Crippen molar-refractivity contribution in [1.82, 2.24) is 14.7 Å². The maximum Gasteiger partial charge on any atom is 0.269 e. The highest BCUT2D eigenvalue weighted by Crippen LogP contribution is 2.23. The van der Waals surface area contributed by atoms with Gasteiger partial charge in [-0.3, -0.25) is 9.59 Å². The molecule has 2 aromatic carbocycles. The number of amides is 1. The van der Waals surface area contributed by atoms with Crippen LogP contribution in [0.2, 0.25) is 0 Å². The van der Waals surface area contributed by atoms with Gasteiger partial charge in [-0.25, -0.2) is 4.68 Å². The molecule has 1 amide bonds. The summed E-state index contributed by atoms with van der Waals surface area (Å²) < 4.78 is 1.47. The normalized spacial score (nSPS) is 16.2. The minimum atomic E-state index is -0.129. The predicted octanol–water partition coefficient (Wildman–Crippen LogP) is 3.17. The maximum atomic E-state index is 13.0. The van der Waals surface area contributed by atoms with E-state index in [0.717, 1.165) is 36.2 Å². The van der Waals surface area contributed by atoms with Crippen molar-refractivity contribution >= 4 is 11.6 Å². The number of hydrogen-bond donors (Lipinski definition) is 0. The van der Waals surface area contributed by atoms with E-state index in [9.17, 15) is 9.59 Å². The number of nitrogens with zero attached hydrogens (tertiary/aromatic N) is 4. The van der Waals surface area contributed by atoms with Crippen molar-refractivity contribution in [3.05, 3.63) is 94.4 Å². The second kappa shape index (κ2) is 9.60. The van der Waals surface area contributed by atoms with Gasteiger partial charge in [0.05, 0.1) is 24.3 Å². The zero-order valence-corrected chi connectivity index (χ0v) is 17.9. The Morgan fingerprint density at radius 3 is 2.42 bits per heavy atom. The van der Waals surface area contributed by atoms with Crippen LogP contribution in [0.15, 0.2) is 77.7 Å². The summed E-state index contributed by atoms with van der Waals surface area (Å²) in [5.41, 5.74) is 2.82. The molecule has 1 saturated heterocycles. The van der Waals surface area contributed by atoms with Crippen LogP contribution in [0, 0.1) is 5.92 Å². The summed E-state index contributed by atoms with van der Waals surface area (Å²) in [7, 11) is 1.86. The van der Waals surface area contributed by atoms with Crippen LogP contribution >= 0.6 is 0 Å². The highest BCUT2D eigenvalue weighted by atomic mass is 16.2. The minimum Gasteiger partial charge on any atom is -0.369 e. The van der Waals surface area contributed by atoms with Gasteiger partial charge in [-0.1, -0.05) is 60.7 Å². The number of carbonyl (C=O) groups is 1. The fraction of sp³-hybridized carbons (Fsp3) is 0.320. The number of anilines is 1. The summed E-state index contributed by atoms with van der Waals surface area (Å²) in [6.07, 6.45) is 3.53. The third-order valence-electron chi connectivity index (χ3n) is 5.80. The first-order valence-corrected chi connectivity index (χ1v) is 10.7. The van der Waals surface area contributed by atoms with Gasteiger partial charge in [0.25, 0.3) is 5.56 Å². The average molecular weight is 417 g/mol. The van der Waals surface area contributed by atoms with Crippen molar-refractivity contribution in [2.45, 2.75) is 25.9 Å². The van der Waals surface area contributed by atoms with Crippen molar-refractivity contribution in [2.24, 2.45) is 5.92 Å². The zero-order valence-electron chi connectivity index (χ0n) is 17.9. The van der Waals surface area contributed by atoms with Gasteiger partial charge in [0.15, 0.2) is 0 Å². The summed E-state index contributed by atoms with van der Waals surface area (Å²) in [6.45, 7) is 2.50. The van der Waals surface area contributed by atoms with Gasteiger partial charge in [-0.05, 0) is 24.0 Å². The molecule has 160 valence electrons. The van der Waals surface area contributed by atoms with E-state index < -0.39 is 0 Å². The van der Waals surface area contributed by atoms with Crippen LogP contribution in [0.4, 0.5) is 5.69 Å². The van der Waals surface area contributed by atoms with Crippen LogP contribution in [0.5, 0.6) is 0 Å². The lowest BCUT2D eigenvalue weighted by Gasteiger charge is -2.35. The molecule has 4 rings (SSSR count). The lowest BCUT2D eigenvalue weighted by Crippen LogP contribution is -2.44. The molecule has 6 nitrogen and oxygen atoms in total. The monoisotopic (exact) mass is 416 g/mol. The van der Waals surface area contributed by atoms with E-state index in [2.05, 4.69) is 10.00 Å². The summed E-state index contributed by atoms with van der Waals surface area (Å²) in [5.74, 6) is 0.0770. The van der Waals surface area contributed by atoms with E-state index in [0.29, 0.717) is 19.6 Å². The fourth-order valence-corrected chi connectivity index (χ4v) is 4.13. The van der Waals surface area contributed by atoms with Crippen LogP contribution in [0.1, 0.15) is 24.0 Å². The molecule has 0 radical (unpaired) electrons. The maximum absolute atomic E-state index is 13.0. The van der Waals surface area contributed by atoms with E-state index in [1.54, 1.807) is 17.2 Å². The SMILES string of the molecule is CN(Cc1ccccc1)C(=O)C1CCCN(c2cnn(Cc3ccccc3)c(=O)c2)C1. The van der Waals surface area contributed by atoms with Crippen molar-refractivity contribution < 1.29 is 4.79 Å². The number of rotatable bonds is 6. The van der Waals surface area contributed by atoms with Crippen LogP contribution < -0.4 is 10.5 Å². The van der Waals surface area contributed by atoms with Gasteiger partial charge < -0.3 is 9.80 Å². The summed E-state index contributed by atoms with van der Waals surface area (Å²) in [6, 6.07) is 21.5. The molecule has 1 aromatic heterocycles. The van der Waals surface area contributed by atoms with Crippen LogP contribution in [0.3, 0.4) is 0 Å².